The average molecular weight is 276 g/mol. The molecule has 0 amide bonds. The highest BCUT2D eigenvalue weighted by Gasteiger charge is 2.20. The summed E-state index contributed by atoms with van der Waals surface area (Å²) in [6.45, 7) is 6.05. The van der Waals surface area contributed by atoms with Gasteiger partial charge in [-0.2, -0.15) is 0 Å². The molecule has 1 fully saturated rings. The van der Waals surface area contributed by atoms with Crippen LogP contribution in [0.15, 0.2) is 30.3 Å². The minimum absolute atomic E-state index is 0.858. The van der Waals surface area contributed by atoms with Crippen molar-refractivity contribution in [1.29, 1.82) is 0 Å². The summed E-state index contributed by atoms with van der Waals surface area (Å²) in [6, 6.07) is 11.0. The maximum atomic E-state index is 5.71. The van der Waals surface area contributed by atoms with E-state index in [0.717, 1.165) is 18.4 Å². The van der Waals surface area contributed by atoms with Crippen LogP contribution in [0.2, 0.25) is 0 Å². The van der Waals surface area contributed by atoms with Crippen LogP contribution in [-0.4, -0.2) is 25.7 Å². The summed E-state index contributed by atoms with van der Waals surface area (Å²) in [5.74, 6) is 0.999. The van der Waals surface area contributed by atoms with E-state index in [-0.39, 0.29) is 0 Å². The van der Waals surface area contributed by atoms with Crippen molar-refractivity contribution in [3.05, 3.63) is 30.3 Å². The Balaban J connectivity index is 1.45. The summed E-state index contributed by atoms with van der Waals surface area (Å²) >= 11 is 0. The van der Waals surface area contributed by atoms with Gasteiger partial charge in [-0.05, 0) is 64.0 Å². The van der Waals surface area contributed by atoms with Crippen LogP contribution in [0.5, 0.6) is 5.75 Å². The van der Waals surface area contributed by atoms with Crippen LogP contribution in [0.25, 0.3) is 0 Å². The molecule has 2 atom stereocenters. The Kier molecular flexibility index (Phi) is 6.93. The van der Waals surface area contributed by atoms with Crippen LogP contribution < -0.4 is 9.64 Å². The molecular weight excluding hydrogens is 246 g/mol. The lowest BCUT2D eigenvalue weighted by molar-refractivity contribution is -0.928. The zero-order chi connectivity index (χ0) is 14.0. The number of hydrogen-bond acceptors (Lipinski definition) is 1. The summed E-state index contributed by atoms with van der Waals surface area (Å²) in [5, 5.41) is 0. The van der Waals surface area contributed by atoms with Crippen LogP contribution >= 0.6 is 0 Å². The molecule has 2 nitrogen and oxygen atoms in total. The number of para-hydroxylation sites is 1. The van der Waals surface area contributed by atoms with Gasteiger partial charge in [-0.15, -0.1) is 0 Å². The molecule has 0 spiro atoms. The molecule has 1 aliphatic rings. The minimum Gasteiger partial charge on any atom is -0.494 e. The quantitative estimate of drug-likeness (QED) is 0.720. The van der Waals surface area contributed by atoms with E-state index in [2.05, 4.69) is 6.92 Å². The zero-order valence-electron chi connectivity index (χ0n) is 12.9. The molecule has 0 aliphatic carbocycles. The molecule has 0 aromatic heterocycles. The Morgan fingerprint density at radius 3 is 2.65 bits per heavy atom. The van der Waals surface area contributed by atoms with E-state index in [1.165, 1.54) is 58.0 Å². The van der Waals surface area contributed by atoms with E-state index >= 15 is 0 Å². The number of likely N-dealkylation sites (tertiary alicyclic amines) is 1. The molecule has 0 saturated carbocycles. The van der Waals surface area contributed by atoms with Crippen LogP contribution in [0, 0.1) is 0 Å². The van der Waals surface area contributed by atoms with Gasteiger partial charge >= 0.3 is 0 Å². The summed E-state index contributed by atoms with van der Waals surface area (Å²) in [7, 11) is 0. The lowest BCUT2D eigenvalue weighted by Gasteiger charge is -2.30. The molecule has 2 heteroatoms. The molecule has 1 aromatic carbocycles. The van der Waals surface area contributed by atoms with Gasteiger partial charge in [0.15, 0.2) is 0 Å². The molecule has 1 aliphatic heterocycles. The van der Waals surface area contributed by atoms with Gasteiger partial charge < -0.3 is 9.64 Å². The molecule has 0 radical (unpaired) electrons. The summed E-state index contributed by atoms with van der Waals surface area (Å²) in [4.78, 5) is 1.84. The number of piperidine rings is 1. The Labute approximate surface area is 124 Å². The SMILES string of the molecule is C[C@H]1CCCC[NH+]1CCCCCCOc1ccccc1. The zero-order valence-corrected chi connectivity index (χ0v) is 12.9. The van der Waals surface area contributed by atoms with Crippen molar-refractivity contribution in [2.45, 2.75) is 57.9 Å². The minimum atomic E-state index is 0.858. The van der Waals surface area contributed by atoms with Crippen molar-refractivity contribution in [1.82, 2.24) is 0 Å². The lowest BCUT2D eigenvalue weighted by Crippen LogP contribution is -3.16. The Bertz CT molecular complexity index is 352. The van der Waals surface area contributed by atoms with Crippen molar-refractivity contribution < 1.29 is 9.64 Å². The van der Waals surface area contributed by atoms with Gasteiger partial charge in [0.25, 0.3) is 0 Å². The second-order valence-corrected chi connectivity index (χ2v) is 6.13. The fourth-order valence-corrected chi connectivity index (χ4v) is 3.14. The number of hydrogen-bond donors (Lipinski definition) is 1. The third kappa shape index (κ3) is 5.54. The molecule has 1 N–H and O–H groups in total. The standard InChI is InChI=1S/C18H29NO/c1-17-11-7-9-15-19(17)14-8-2-3-10-16-20-18-12-5-4-6-13-18/h4-6,12-13,17H,2-3,7-11,14-16H2,1H3/p+1/t17-/m0/s1. The fourth-order valence-electron chi connectivity index (χ4n) is 3.14. The first kappa shape index (κ1) is 15.4. The Morgan fingerprint density at radius 1 is 1.05 bits per heavy atom. The molecule has 1 unspecified atom stereocenters. The van der Waals surface area contributed by atoms with Crippen molar-refractivity contribution in [3.8, 4) is 5.75 Å². The van der Waals surface area contributed by atoms with Crippen molar-refractivity contribution >= 4 is 0 Å². The second kappa shape index (κ2) is 9.02. The van der Waals surface area contributed by atoms with Gasteiger partial charge in [0, 0.05) is 0 Å². The number of rotatable bonds is 8. The number of unbranched alkanes of at least 4 members (excludes halogenated alkanes) is 3. The molecule has 112 valence electrons. The topological polar surface area (TPSA) is 13.7 Å². The van der Waals surface area contributed by atoms with E-state index in [1.807, 2.05) is 35.2 Å². The van der Waals surface area contributed by atoms with Gasteiger partial charge in [0.1, 0.15) is 5.75 Å². The Hall–Kier alpha value is -1.02. The van der Waals surface area contributed by atoms with Gasteiger partial charge in [0.05, 0.1) is 25.7 Å². The maximum Gasteiger partial charge on any atom is 0.119 e. The summed E-state index contributed by atoms with van der Waals surface area (Å²) < 4.78 is 5.71. The van der Waals surface area contributed by atoms with Gasteiger partial charge in [0.2, 0.25) is 0 Å². The molecular formula is C18H30NO+. The summed E-state index contributed by atoms with van der Waals surface area (Å²) in [6.07, 6.45) is 9.53. The molecule has 1 aromatic rings. The third-order valence-electron chi connectivity index (χ3n) is 4.49. The van der Waals surface area contributed by atoms with Gasteiger partial charge in [-0.1, -0.05) is 18.2 Å². The van der Waals surface area contributed by atoms with Crippen LogP contribution in [-0.2, 0) is 0 Å². The van der Waals surface area contributed by atoms with Crippen LogP contribution in [0.4, 0.5) is 0 Å². The van der Waals surface area contributed by atoms with E-state index in [9.17, 15) is 0 Å². The fraction of sp³-hybridized carbons (Fsp3) is 0.667. The van der Waals surface area contributed by atoms with Gasteiger partial charge in [-0.3, -0.25) is 0 Å². The smallest absolute Gasteiger partial charge is 0.119 e. The lowest BCUT2D eigenvalue weighted by atomic mass is 10.0. The third-order valence-corrected chi connectivity index (χ3v) is 4.49. The van der Waals surface area contributed by atoms with E-state index in [1.54, 1.807) is 0 Å². The van der Waals surface area contributed by atoms with Gasteiger partial charge in [-0.25, -0.2) is 0 Å². The normalized spacial score (nSPS) is 22.6. The Morgan fingerprint density at radius 2 is 1.85 bits per heavy atom. The van der Waals surface area contributed by atoms with Crippen molar-refractivity contribution in [2.24, 2.45) is 0 Å². The highest BCUT2D eigenvalue weighted by Crippen LogP contribution is 2.09. The van der Waals surface area contributed by atoms with Crippen LogP contribution in [0.3, 0.4) is 0 Å². The first-order chi connectivity index (χ1) is 9.86. The van der Waals surface area contributed by atoms with E-state index in [0.29, 0.717) is 0 Å². The highest BCUT2D eigenvalue weighted by atomic mass is 16.5. The van der Waals surface area contributed by atoms with Crippen LogP contribution in [0.1, 0.15) is 51.9 Å². The predicted molar refractivity (Wildman–Crippen MR) is 84.4 cm³/mol. The van der Waals surface area contributed by atoms with E-state index < -0.39 is 0 Å². The number of nitrogens with one attached hydrogen (secondary N) is 1. The second-order valence-electron chi connectivity index (χ2n) is 6.13. The molecule has 0 bridgehead atoms. The largest absolute Gasteiger partial charge is 0.494 e. The molecule has 1 saturated heterocycles. The first-order valence-corrected chi connectivity index (χ1v) is 8.38. The molecule has 2 rings (SSSR count). The molecule has 20 heavy (non-hydrogen) atoms. The average Bonchev–Trinajstić information content (AvgIpc) is 2.49. The summed E-state index contributed by atoms with van der Waals surface area (Å²) in [5.41, 5.74) is 0. The van der Waals surface area contributed by atoms with Crippen molar-refractivity contribution in [3.63, 3.8) is 0 Å². The predicted octanol–water partition coefficient (Wildman–Crippen LogP) is 3.08. The first-order valence-electron chi connectivity index (χ1n) is 8.38. The highest BCUT2D eigenvalue weighted by molar-refractivity contribution is 5.20. The number of quaternary nitrogens is 1. The monoisotopic (exact) mass is 276 g/mol. The number of ether oxygens (including phenoxy) is 1. The van der Waals surface area contributed by atoms with Crippen molar-refractivity contribution in [2.75, 3.05) is 19.7 Å². The maximum absolute atomic E-state index is 5.71. The number of benzene rings is 1. The van der Waals surface area contributed by atoms with E-state index in [4.69, 9.17) is 4.74 Å². The molecule has 1 heterocycles.